The van der Waals surface area contributed by atoms with Crippen molar-refractivity contribution in [2.45, 2.75) is 20.0 Å². The van der Waals surface area contributed by atoms with E-state index in [9.17, 15) is 4.79 Å². The first-order valence-corrected chi connectivity index (χ1v) is 8.59. The molecule has 0 unspecified atom stereocenters. The van der Waals surface area contributed by atoms with Gasteiger partial charge in [0.1, 0.15) is 0 Å². The first-order chi connectivity index (χ1) is 10.9. The third kappa shape index (κ3) is 4.94. The summed E-state index contributed by atoms with van der Waals surface area (Å²) in [4.78, 5) is 14.0. The third-order valence-electron chi connectivity index (χ3n) is 3.17. The molecule has 1 N–H and O–H groups in total. The Kier molecular flexibility index (Phi) is 6.47. The molecule has 8 heteroatoms. The molecule has 23 heavy (non-hydrogen) atoms. The van der Waals surface area contributed by atoms with Gasteiger partial charge >= 0.3 is 0 Å². The van der Waals surface area contributed by atoms with Crippen molar-refractivity contribution in [2.75, 3.05) is 18.9 Å². The molecule has 0 atom stereocenters. The van der Waals surface area contributed by atoms with Crippen LogP contribution in [0.4, 0.5) is 5.69 Å². The largest absolute Gasteiger partial charge is 0.322 e. The second-order valence-corrected chi connectivity index (χ2v) is 6.77. The molecule has 2 aromatic rings. The standard InChI is InChI=1S/C15H17BrCl2N4O/c1-3-22-7-10(16)13(20-22)8-21(2)9-14(23)19-15-11(17)5-4-6-12(15)18/h4-7H,3,8-9H2,1-2H3,(H,19,23). The Morgan fingerprint density at radius 2 is 2.04 bits per heavy atom. The smallest absolute Gasteiger partial charge is 0.238 e. The normalized spacial score (nSPS) is 11.0. The van der Waals surface area contributed by atoms with Gasteiger partial charge in [-0.1, -0.05) is 29.3 Å². The zero-order valence-corrected chi connectivity index (χ0v) is 15.9. The first kappa shape index (κ1) is 18.3. The summed E-state index contributed by atoms with van der Waals surface area (Å²) >= 11 is 15.6. The number of benzene rings is 1. The van der Waals surface area contributed by atoms with Crippen LogP contribution in [0.5, 0.6) is 0 Å². The van der Waals surface area contributed by atoms with Crippen molar-refractivity contribution < 1.29 is 4.79 Å². The van der Waals surface area contributed by atoms with Gasteiger partial charge < -0.3 is 5.32 Å². The molecule has 0 saturated carbocycles. The lowest BCUT2D eigenvalue weighted by Crippen LogP contribution is -2.30. The number of carbonyl (C=O) groups is 1. The molecular weight excluding hydrogens is 403 g/mol. The lowest BCUT2D eigenvalue weighted by atomic mass is 10.3. The second kappa shape index (κ2) is 8.15. The maximum absolute atomic E-state index is 12.2. The van der Waals surface area contributed by atoms with Gasteiger partial charge in [0.2, 0.25) is 5.91 Å². The van der Waals surface area contributed by atoms with Gasteiger partial charge in [0.15, 0.2) is 0 Å². The number of anilines is 1. The van der Waals surface area contributed by atoms with Crippen LogP contribution in [-0.2, 0) is 17.9 Å². The Labute approximate surface area is 153 Å². The fraction of sp³-hybridized carbons (Fsp3) is 0.333. The van der Waals surface area contributed by atoms with Gasteiger partial charge in [-0.25, -0.2) is 0 Å². The minimum atomic E-state index is -0.187. The second-order valence-electron chi connectivity index (χ2n) is 5.10. The highest BCUT2D eigenvalue weighted by atomic mass is 79.9. The van der Waals surface area contributed by atoms with E-state index in [0.717, 1.165) is 16.7 Å². The summed E-state index contributed by atoms with van der Waals surface area (Å²) in [5, 5.41) is 8.02. The average Bonchev–Trinajstić information content (AvgIpc) is 2.83. The van der Waals surface area contributed by atoms with E-state index in [1.54, 1.807) is 18.2 Å². The van der Waals surface area contributed by atoms with Gasteiger partial charge in [-0.3, -0.25) is 14.4 Å². The maximum atomic E-state index is 12.2. The number of amides is 1. The molecular formula is C15H17BrCl2N4O. The molecule has 0 spiro atoms. The summed E-state index contributed by atoms with van der Waals surface area (Å²) in [5.41, 5.74) is 1.32. The summed E-state index contributed by atoms with van der Waals surface area (Å²) in [7, 11) is 1.85. The molecule has 1 heterocycles. The van der Waals surface area contributed by atoms with Crippen molar-refractivity contribution in [3.63, 3.8) is 0 Å². The monoisotopic (exact) mass is 418 g/mol. The summed E-state index contributed by atoms with van der Waals surface area (Å²) in [5.74, 6) is -0.187. The average molecular weight is 420 g/mol. The fourth-order valence-electron chi connectivity index (χ4n) is 2.06. The van der Waals surface area contributed by atoms with E-state index in [2.05, 4.69) is 26.3 Å². The van der Waals surface area contributed by atoms with E-state index >= 15 is 0 Å². The lowest BCUT2D eigenvalue weighted by Gasteiger charge is -2.16. The Bertz CT molecular complexity index is 685. The van der Waals surface area contributed by atoms with Gasteiger partial charge in [-0.2, -0.15) is 5.10 Å². The van der Waals surface area contributed by atoms with Crippen LogP contribution in [0.2, 0.25) is 10.0 Å². The Hall–Kier alpha value is -1.08. The molecule has 124 valence electrons. The number of hydrogen-bond acceptors (Lipinski definition) is 3. The Morgan fingerprint density at radius 3 is 2.61 bits per heavy atom. The van der Waals surface area contributed by atoms with Gasteiger partial charge in [-0.15, -0.1) is 0 Å². The first-order valence-electron chi connectivity index (χ1n) is 7.05. The van der Waals surface area contributed by atoms with Crippen molar-refractivity contribution in [3.8, 4) is 0 Å². The highest BCUT2D eigenvalue weighted by molar-refractivity contribution is 9.10. The molecule has 2 rings (SSSR count). The maximum Gasteiger partial charge on any atom is 0.238 e. The SMILES string of the molecule is CCn1cc(Br)c(CN(C)CC(=O)Nc2c(Cl)cccc2Cl)n1. The van der Waals surface area contributed by atoms with Crippen molar-refractivity contribution in [1.29, 1.82) is 0 Å². The van der Waals surface area contributed by atoms with Gasteiger partial charge in [0, 0.05) is 19.3 Å². The van der Waals surface area contributed by atoms with Crippen molar-refractivity contribution >= 4 is 50.7 Å². The lowest BCUT2D eigenvalue weighted by molar-refractivity contribution is -0.117. The van der Waals surface area contributed by atoms with Crippen LogP contribution in [0.15, 0.2) is 28.9 Å². The molecule has 1 amide bonds. The molecule has 0 aliphatic heterocycles. The quantitative estimate of drug-likeness (QED) is 0.768. The van der Waals surface area contributed by atoms with E-state index in [1.165, 1.54) is 0 Å². The summed E-state index contributed by atoms with van der Waals surface area (Å²) < 4.78 is 2.78. The Morgan fingerprint density at radius 1 is 1.39 bits per heavy atom. The number of nitrogens with zero attached hydrogens (tertiary/aromatic N) is 3. The summed E-state index contributed by atoms with van der Waals surface area (Å²) in [6.07, 6.45) is 1.92. The van der Waals surface area contributed by atoms with E-state index in [-0.39, 0.29) is 12.5 Å². The predicted octanol–water partition coefficient (Wildman–Crippen LogP) is 4.04. The third-order valence-corrected chi connectivity index (χ3v) is 4.46. The molecule has 0 aliphatic rings. The molecule has 0 aliphatic carbocycles. The number of likely N-dealkylation sites (N-methyl/N-ethyl adjacent to an activating group) is 1. The van der Waals surface area contributed by atoms with Gasteiger partial charge in [0.25, 0.3) is 0 Å². The van der Waals surface area contributed by atoms with Crippen molar-refractivity contribution in [3.05, 3.63) is 44.6 Å². The summed E-state index contributed by atoms with van der Waals surface area (Å²) in [6, 6.07) is 5.09. The molecule has 1 aromatic heterocycles. The van der Waals surface area contributed by atoms with Crippen molar-refractivity contribution in [1.82, 2.24) is 14.7 Å². The zero-order valence-electron chi connectivity index (χ0n) is 12.8. The van der Waals surface area contributed by atoms with Crippen LogP contribution in [0.25, 0.3) is 0 Å². The van der Waals surface area contributed by atoms with Gasteiger partial charge in [-0.05, 0) is 42.0 Å². The van der Waals surface area contributed by atoms with Crippen LogP contribution in [-0.4, -0.2) is 34.2 Å². The minimum absolute atomic E-state index is 0.187. The van der Waals surface area contributed by atoms with E-state index in [0.29, 0.717) is 22.3 Å². The van der Waals surface area contributed by atoms with E-state index in [1.807, 2.05) is 29.7 Å². The van der Waals surface area contributed by atoms with E-state index < -0.39 is 0 Å². The highest BCUT2D eigenvalue weighted by Gasteiger charge is 2.14. The molecule has 1 aromatic carbocycles. The molecule has 0 bridgehead atoms. The number of para-hydroxylation sites is 1. The fourth-order valence-corrected chi connectivity index (χ4v) is 2.99. The minimum Gasteiger partial charge on any atom is -0.322 e. The predicted molar refractivity (Wildman–Crippen MR) is 97.0 cm³/mol. The molecule has 0 fully saturated rings. The number of carbonyl (C=O) groups excluding carboxylic acids is 1. The number of hydrogen-bond donors (Lipinski definition) is 1. The summed E-state index contributed by atoms with van der Waals surface area (Å²) in [6.45, 7) is 3.58. The van der Waals surface area contributed by atoms with E-state index in [4.69, 9.17) is 23.2 Å². The number of halogens is 3. The molecule has 0 saturated heterocycles. The van der Waals surface area contributed by atoms with Gasteiger partial charge in [0.05, 0.1) is 32.4 Å². The number of aryl methyl sites for hydroxylation is 1. The van der Waals surface area contributed by atoms with Crippen LogP contribution >= 0.6 is 39.1 Å². The van der Waals surface area contributed by atoms with Crippen LogP contribution in [0.1, 0.15) is 12.6 Å². The van der Waals surface area contributed by atoms with Crippen molar-refractivity contribution in [2.24, 2.45) is 0 Å². The van der Waals surface area contributed by atoms with Crippen LogP contribution < -0.4 is 5.32 Å². The number of rotatable bonds is 6. The topological polar surface area (TPSA) is 50.2 Å². The molecule has 5 nitrogen and oxygen atoms in total. The zero-order chi connectivity index (χ0) is 17.0. The Balaban J connectivity index is 1.95. The van der Waals surface area contributed by atoms with Crippen LogP contribution in [0, 0.1) is 0 Å². The number of nitrogens with one attached hydrogen (secondary N) is 1. The molecule has 0 radical (unpaired) electrons. The highest BCUT2D eigenvalue weighted by Crippen LogP contribution is 2.29. The number of aromatic nitrogens is 2. The van der Waals surface area contributed by atoms with Crippen LogP contribution in [0.3, 0.4) is 0 Å².